The fourth-order valence-corrected chi connectivity index (χ4v) is 0.793. The van der Waals surface area contributed by atoms with Gasteiger partial charge >= 0.3 is 5.97 Å². The van der Waals surface area contributed by atoms with Crippen LogP contribution in [0.25, 0.3) is 0 Å². The summed E-state index contributed by atoms with van der Waals surface area (Å²) >= 11 is 0. The van der Waals surface area contributed by atoms with Crippen LogP contribution < -0.4 is 0 Å². The molecule has 0 bridgehead atoms. The van der Waals surface area contributed by atoms with Gasteiger partial charge in [0.25, 0.3) is 0 Å². The highest BCUT2D eigenvalue weighted by Gasteiger charge is 1.99. The predicted molar refractivity (Wildman–Crippen MR) is 40.6 cm³/mol. The van der Waals surface area contributed by atoms with Gasteiger partial charge in [0.15, 0.2) is 0 Å². The maximum Gasteiger partial charge on any atom is 0.329 e. The molecule has 12 heavy (non-hydrogen) atoms. The third kappa shape index (κ3) is 2.71. The summed E-state index contributed by atoms with van der Waals surface area (Å²) in [5.74, 6) is -0.171. The number of aryl methyl sites for hydroxylation is 1. The van der Waals surface area contributed by atoms with Crippen molar-refractivity contribution in [2.24, 2.45) is 0 Å². The molecule has 1 rings (SSSR count). The van der Waals surface area contributed by atoms with Crippen molar-refractivity contribution in [3.63, 3.8) is 0 Å². The molecular weight excluding hydrogens is 160 g/mol. The average Bonchev–Trinajstić information content (AvgIpc) is 2.35. The molecule has 0 saturated heterocycles. The van der Waals surface area contributed by atoms with Gasteiger partial charge in [-0.1, -0.05) is 0 Å². The number of hydrogen-bond donors (Lipinski definition) is 2. The minimum atomic E-state index is -0.966. The van der Waals surface area contributed by atoms with Crippen LogP contribution in [0.5, 0.6) is 0 Å². The van der Waals surface area contributed by atoms with Crippen molar-refractivity contribution >= 4 is 5.97 Å². The molecule has 0 aliphatic heterocycles. The van der Waals surface area contributed by atoms with Gasteiger partial charge in [0, 0.05) is 0 Å². The first-order valence-corrected chi connectivity index (χ1v) is 3.48. The van der Waals surface area contributed by atoms with Crippen molar-refractivity contribution in [2.45, 2.75) is 13.5 Å². The average molecular weight is 170 g/mol. The second-order valence-electron chi connectivity index (χ2n) is 2.38. The van der Waals surface area contributed by atoms with Crippen LogP contribution in [-0.4, -0.2) is 27.7 Å². The Bertz CT molecular complexity index is 269. The Morgan fingerprint density at radius 3 is 3.08 bits per heavy atom. The Morgan fingerprint density at radius 2 is 2.58 bits per heavy atom. The molecule has 0 spiro atoms. The van der Waals surface area contributed by atoms with Crippen molar-refractivity contribution in [2.75, 3.05) is 6.61 Å². The molecule has 66 valence electrons. The molecule has 1 aromatic rings. The van der Waals surface area contributed by atoms with E-state index in [1.54, 1.807) is 6.20 Å². The lowest BCUT2D eigenvalue weighted by molar-refractivity contribution is -0.142. The Hall–Kier alpha value is -1.36. The van der Waals surface area contributed by atoms with Crippen molar-refractivity contribution in [1.82, 2.24) is 9.97 Å². The largest absolute Gasteiger partial charge is 0.480 e. The highest BCUT2D eigenvalue weighted by atomic mass is 16.5. The summed E-state index contributed by atoms with van der Waals surface area (Å²) in [5.41, 5.74) is 0.786. The topological polar surface area (TPSA) is 75.2 Å². The van der Waals surface area contributed by atoms with Gasteiger partial charge in [-0.3, -0.25) is 0 Å². The summed E-state index contributed by atoms with van der Waals surface area (Å²) in [4.78, 5) is 16.9. The van der Waals surface area contributed by atoms with Crippen molar-refractivity contribution < 1.29 is 14.6 Å². The normalized spacial score (nSPS) is 10.1. The number of aromatic amines is 1. The van der Waals surface area contributed by atoms with E-state index in [-0.39, 0.29) is 13.2 Å². The van der Waals surface area contributed by atoms with Crippen LogP contribution in [0.1, 0.15) is 11.5 Å². The quantitative estimate of drug-likeness (QED) is 0.682. The molecule has 1 heterocycles. The van der Waals surface area contributed by atoms with E-state index in [9.17, 15) is 4.79 Å². The molecule has 1 aromatic heterocycles. The number of imidazole rings is 1. The van der Waals surface area contributed by atoms with Crippen LogP contribution in [0.15, 0.2) is 6.20 Å². The molecule has 0 aliphatic rings. The number of aromatic nitrogens is 2. The number of nitrogens with one attached hydrogen (secondary N) is 1. The SMILES string of the molecule is Cc1ncc(COCC(=O)O)[nH]1. The van der Waals surface area contributed by atoms with E-state index in [1.165, 1.54) is 0 Å². The minimum absolute atomic E-state index is 0.257. The standard InChI is InChI=1S/C7H10N2O3/c1-5-8-2-6(9-5)3-12-4-7(10)11/h2H,3-4H2,1H3,(H,8,9)(H,10,11). The first kappa shape index (κ1) is 8.73. The highest BCUT2D eigenvalue weighted by molar-refractivity contribution is 5.67. The number of carboxylic acid groups (broad SMARTS) is 1. The molecule has 0 fully saturated rings. The lowest BCUT2D eigenvalue weighted by Crippen LogP contribution is -2.06. The number of H-pyrrole nitrogens is 1. The first-order valence-electron chi connectivity index (χ1n) is 3.48. The third-order valence-electron chi connectivity index (χ3n) is 1.24. The van der Waals surface area contributed by atoms with Gasteiger partial charge in [-0.2, -0.15) is 0 Å². The number of hydrogen-bond acceptors (Lipinski definition) is 3. The summed E-state index contributed by atoms with van der Waals surface area (Å²) < 4.78 is 4.82. The van der Waals surface area contributed by atoms with Crippen LogP contribution >= 0.6 is 0 Å². The smallest absolute Gasteiger partial charge is 0.329 e. The van der Waals surface area contributed by atoms with E-state index >= 15 is 0 Å². The minimum Gasteiger partial charge on any atom is -0.480 e. The fourth-order valence-electron chi connectivity index (χ4n) is 0.793. The number of ether oxygens (including phenoxy) is 1. The molecule has 5 heteroatoms. The second kappa shape index (κ2) is 3.87. The number of rotatable bonds is 4. The molecule has 5 nitrogen and oxygen atoms in total. The van der Waals surface area contributed by atoms with Gasteiger partial charge in [-0.05, 0) is 6.92 Å². The maximum absolute atomic E-state index is 10.0. The van der Waals surface area contributed by atoms with E-state index in [1.807, 2.05) is 6.92 Å². The molecule has 2 N–H and O–H groups in total. The van der Waals surface area contributed by atoms with Gasteiger partial charge in [0.2, 0.25) is 0 Å². The Kier molecular flexibility index (Phi) is 2.82. The summed E-state index contributed by atoms with van der Waals surface area (Å²) in [6.45, 7) is 1.80. The Balaban J connectivity index is 2.29. The first-order chi connectivity index (χ1) is 5.68. The van der Waals surface area contributed by atoms with E-state index in [0.717, 1.165) is 11.5 Å². The van der Waals surface area contributed by atoms with Gasteiger partial charge in [0.05, 0.1) is 18.5 Å². The summed E-state index contributed by atoms with van der Waals surface area (Å²) in [5, 5.41) is 8.25. The molecule has 0 radical (unpaired) electrons. The van der Waals surface area contributed by atoms with Gasteiger partial charge < -0.3 is 14.8 Å². The summed E-state index contributed by atoms with van der Waals surface area (Å²) in [6.07, 6.45) is 1.62. The number of carboxylic acids is 1. The van der Waals surface area contributed by atoms with Gasteiger partial charge in [0.1, 0.15) is 12.4 Å². The van der Waals surface area contributed by atoms with Crippen LogP contribution in [-0.2, 0) is 16.1 Å². The van der Waals surface area contributed by atoms with Crippen molar-refractivity contribution in [1.29, 1.82) is 0 Å². The zero-order valence-corrected chi connectivity index (χ0v) is 6.70. The third-order valence-corrected chi connectivity index (χ3v) is 1.24. The van der Waals surface area contributed by atoms with Crippen LogP contribution in [0.2, 0.25) is 0 Å². The van der Waals surface area contributed by atoms with E-state index < -0.39 is 5.97 Å². The fraction of sp³-hybridized carbons (Fsp3) is 0.429. The van der Waals surface area contributed by atoms with Crippen LogP contribution in [0, 0.1) is 6.92 Å². The summed E-state index contributed by atoms with van der Waals surface area (Å²) in [6, 6.07) is 0. The molecule has 0 aliphatic carbocycles. The maximum atomic E-state index is 10.0. The van der Waals surface area contributed by atoms with Gasteiger partial charge in [-0.25, -0.2) is 9.78 Å². The number of aliphatic carboxylic acids is 1. The summed E-state index contributed by atoms with van der Waals surface area (Å²) in [7, 11) is 0. The lowest BCUT2D eigenvalue weighted by Gasteiger charge is -1.96. The van der Waals surface area contributed by atoms with E-state index in [2.05, 4.69) is 9.97 Å². The predicted octanol–water partition coefficient (Wildman–Crippen LogP) is 0.319. The Morgan fingerprint density at radius 1 is 1.83 bits per heavy atom. The zero-order valence-electron chi connectivity index (χ0n) is 6.70. The van der Waals surface area contributed by atoms with Crippen molar-refractivity contribution in [3.8, 4) is 0 Å². The number of carbonyl (C=O) groups is 1. The molecule has 0 unspecified atom stereocenters. The zero-order chi connectivity index (χ0) is 8.97. The monoisotopic (exact) mass is 170 g/mol. The lowest BCUT2D eigenvalue weighted by atomic mass is 10.5. The van der Waals surface area contributed by atoms with Gasteiger partial charge in [-0.15, -0.1) is 0 Å². The number of nitrogens with zero attached hydrogens (tertiary/aromatic N) is 1. The van der Waals surface area contributed by atoms with Crippen LogP contribution in [0.3, 0.4) is 0 Å². The second-order valence-corrected chi connectivity index (χ2v) is 2.38. The Labute approximate surface area is 69.4 Å². The molecule has 0 aromatic carbocycles. The highest BCUT2D eigenvalue weighted by Crippen LogP contribution is 1.97. The molecule has 0 amide bonds. The molecular formula is C7H10N2O3. The van der Waals surface area contributed by atoms with Crippen molar-refractivity contribution in [3.05, 3.63) is 17.7 Å². The van der Waals surface area contributed by atoms with E-state index in [4.69, 9.17) is 9.84 Å². The molecule has 0 saturated carbocycles. The molecule has 0 atom stereocenters. The van der Waals surface area contributed by atoms with Crippen LogP contribution in [0.4, 0.5) is 0 Å². The van der Waals surface area contributed by atoms with E-state index in [0.29, 0.717) is 0 Å².